The van der Waals surface area contributed by atoms with Crippen molar-refractivity contribution in [3.63, 3.8) is 0 Å². The number of ether oxygens (including phenoxy) is 2. The lowest BCUT2D eigenvalue weighted by molar-refractivity contribution is -0.350. The zero-order valence-corrected chi connectivity index (χ0v) is 21.4. The number of hydrogen-bond donors (Lipinski definition) is 6. The van der Waals surface area contributed by atoms with Gasteiger partial charge in [0.1, 0.15) is 23.9 Å². The van der Waals surface area contributed by atoms with Gasteiger partial charge in [0.15, 0.2) is 5.79 Å². The van der Waals surface area contributed by atoms with Crippen LogP contribution in [-0.2, 0) is 9.47 Å². The molecule has 16 atom stereocenters. The largest absolute Gasteiger partial charge is 0.390 e. The zero-order valence-electron chi connectivity index (χ0n) is 21.4. The molecule has 6 N–H and O–H groups in total. The predicted octanol–water partition coefficient (Wildman–Crippen LogP) is 0.792. The van der Waals surface area contributed by atoms with Crippen molar-refractivity contribution in [1.29, 1.82) is 0 Å². The minimum absolute atomic E-state index is 0.00274. The zero-order chi connectivity index (χ0) is 25.3. The Balaban J connectivity index is 1.33. The van der Waals surface area contributed by atoms with Crippen molar-refractivity contribution in [3.05, 3.63) is 0 Å². The second-order valence-electron chi connectivity index (χ2n) is 13.6. The first-order chi connectivity index (χ1) is 16.3. The summed E-state index contributed by atoms with van der Waals surface area (Å²) in [7, 11) is 0. The molecule has 2 aliphatic heterocycles. The molecule has 0 radical (unpaired) electrons. The second kappa shape index (κ2) is 7.63. The highest BCUT2D eigenvalue weighted by Gasteiger charge is 2.76. The van der Waals surface area contributed by atoms with Gasteiger partial charge in [-0.25, -0.2) is 0 Å². The van der Waals surface area contributed by atoms with Gasteiger partial charge in [-0.05, 0) is 67.1 Å². The summed E-state index contributed by atoms with van der Waals surface area (Å²) in [5.41, 5.74) is -3.49. The molecule has 4 aliphatic carbocycles. The first kappa shape index (κ1) is 25.0. The van der Waals surface area contributed by atoms with E-state index < -0.39 is 47.3 Å². The molecule has 2 heterocycles. The van der Waals surface area contributed by atoms with Crippen LogP contribution in [0.15, 0.2) is 0 Å². The van der Waals surface area contributed by atoms with Gasteiger partial charge in [-0.3, -0.25) is 0 Å². The van der Waals surface area contributed by atoms with Gasteiger partial charge >= 0.3 is 0 Å². The SMILES string of the molecule is CC1C2C(C[C@H]3[C@@H]4C[C@@H](O)[C@]5(O)[C@@H](O)[C@@H](O)[C@@H](O)[C@@H](O)[C@]5(C)[C@H]4CC[C@]23C)O[C@]12CC[C@@H](C)CO2. The third-order valence-corrected chi connectivity index (χ3v) is 12.4. The summed E-state index contributed by atoms with van der Waals surface area (Å²) in [5, 5.41) is 66.0. The maximum absolute atomic E-state index is 11.7. The Labute approximate surface area is 207 Å². The number of aliphatic hydroxyl groups is 6. The maximum atomic E-state index is 11.7. The van der Waals surface area contributed by atoms with Crippen LogP contribution in [0.2, 0.25) is 0 Å². The van der Waals surface area contributed by atoms with Gasteiger partial charge in [0.2, 0.25) is 0 Å². The van der Waals surface area contributed by atoms with Crippen LogP contribution in [0.5, 0.6) is 0 Å². The molecule has 0 aromatic heterocycles. The van der Waals surface area contributed by atoms with Gasteiger partial charge in [0, 0.05) is 17.8 Å². The molecule has 0 bridgehead atoms. The maximum Gasteiger partial charge on any atom is 0.171 e. The summed E-state index contributed by atoms with van der Waals surface area (Å²) in [6.07, 6.45) is -3.03. The molecule has 0 aromatic carbocycles. The van der Waals surface area contributed by atoms with E-state index in [2.05, 4.69) is 20.8 Å². The lowest BCUT2D eigenvalue weighted by Crippen LogP contribution is -2.81. The molecular formula is C27H44O8. The molecule has 6 fully saturated rings. The fourth-order valence-corrected chi connectivity index (χ4v) is 10.4. The van der Waals surface area contributed by atoms with Crippen LogP contribution in [0, 0.1) is 46.3 Å². The standard InChI is InChI=1S/C27H44O8/c1-12-5-8-26(34-11-12)13(2)19-17(35-26)10-16-14-9-18(28)27(33)23(32)21(30)20(29)22(31)25(27,4)15(14)6-7-24(16,19)3/h12-23,28-33H,5-11H2,1-4H3/t12-,13?,14-,15+,16+,17?,18-,19?,20-,21+,22-,23+,24+,25+,26-,27+/m1/s1. The van der Waals surface area contributed by atoms with E-state index in [1.807, 2.05) is 0 Å². The van der Waals surface area contributed by atoms with Crippen molar-refractivity contribution in [2.45, 2.75) is 114 Å². The smallest absolute Gasteiger partial charge is 0.171 e. The molecular weight excluding hydrogens is 452 g/mol. The van der Waals surface area contributed by atoms with Gasteiger partial charge in [0.05, 0.1) is 24.9 Å². The van der Waals surface area contributed by atoms with Crippen molar-refractivity contribution in [2.24, 2.45) is 46.3 Å². The Morgan fingerprint density at radius 3 is 2.17 bits per heavy atom. The normalized spacial score (nSPS) is 66.0. The summed E-state index contributed by atoms with van der Waals surface area (Å²) < 4.78 is 13.1. The Hall–Kier alpha value is -0.320. The summed E-state index contributed by atoms with van der Waals surface area (Å²) >= 11 is 0. The van der Waals surface area contributed by atoms with Crippen LogP contribution in [0.3, 0.4) is 0 Å². The fraction of sp³-hybridized carbons (Fsp3) is 1.00. The molecule has 3 unspecified atom stereocenters. The molecule has 1 spiro atoms. The average Bonchev–Trinajstić information content (AvgIpc) is 3.27. The van der Waals surface area contributed by atoms with Gasteiger partial charge in [-0.15, -0.1) is 0 Å². The molecule has 6 rings (SSSR count). The van der Waals surface area contributed by atoms with Crippen LogP contribution in [0.4, 0.5) is 0 Å². The van der Waals surface area contributed by atoms with Gasteiger partial charge < -0.3 is 40.1 Å². The second-order valence-corrected chi connectivity index (χ2v) is 13.6. The van der Waals surface area contributed by atoms with Crippen LogP contribution in [-0.4, -0.2) is 85.3 Å². The number of hydrogen-bond acceptors (Lipinski definition) is 8. The Morgan fingerprint density at radius 2 is 1.51 bits per heavy atom. The third-order valence-electron chi connectivity index (χ3n) is 12.4. The minimum Gasteiger partial charge on any atom is -0.390 e. The molecule has 0 amide bonds. The lowest BCUT2D eigenvalue weighted by Gasteiger charge is -2.68. The fourth-order valence-electron chi connectivity index (χ4n) is 10.4. The van der Waals surface area contributed by atoms with Gasteiger partial charge in [0.25, 0.3) is 0 Å². The van der Waals surface area contributed by atoms with Crippen molar-refractivity contribution >= 4 is 0 Å². The van der Waals surface area contributed by atoms with E-state index >= 15 is 0 Å². The minimum atomic E-state index is -2.10. The van der Waals surface area contributed by atoms with E-state index in [9.17, 15) is 30.6 Å². The van der Waals surface area contributed by atoms with Crippen LogP contribution < -0.4 is 0 Å². The number of fused-ring (bicyclic) bond motifs is 7. The molecule has 8 nitrogen and oxygen atoms in total. The lowest BCUT2D eigenvalue weighted by atomic mass is 9.40. The molecule has 35 heavy (non-hydrogen) atoms. The Bertz CT molecular complexity index is 860. The van der Waals surface area contributed by atoms with E-state index in [-0.39, 0.29) is 41.6 Å². The summed E-state index contributed by atoms with van der Waals surface area (Å²) in [6, 6.07) is 0. The van der Waals surface area contributed by atoms with Gasteiger partial charge in [-0.1, -0.05) is 27.7 Å². The molecule has 2 saturated heterocycles. The van der Waals surface area contributed by atoms with Crippen molar-refractivity contribution in [1.82, 2.24) is 0 Å². The Morgan fingerprint density at radius 1 is 0.829 bits per heavy atom. The van der Waals surface area contributed by atoms with Crippen molar-refractivity contribution in [3.8, 4) is 0 Å². The van der Waals surface area contributed by atoms with Crippen molar-refractivity contribution < 1.29 is 40.1 Å². The molecule has 0 aromatic rings. The average molecular weight is 497 g/mol. The molecule has 200 valence electrons. The van der Waals surface area contributed by atoms with E-state index in [0.29, 0.717) is 18.3 Å². The highest BCUT2D eigenvalue weighted by molar-refractivity contribution is 5.25. The van der Waals surface area contributed by atoms with E-state index in [0.717, 1.165) is 32.3 Å². The molecule has 8 heteroatoms. The highest BCUT2D eigenvalue weighted by atomic mass is 16.7. The highest BCUT2D eigenvalue weighted by Crippen LogP contribution is 2.71. The first-order valence-electron chi connectivity index (χ1n) is 13.8. The first-order valence-corrected chi connectivity index (χ1v) is 13.8. The van der Waals surface area contributed by atoms with E-state index in [1.165, 1.54) is 0 Å². The van der Waals surface area contributed by atoms with Crippen LogP contribution in [0.1, 0.15) is 66.2 Å². The summed E-state index contributed by atoms with van der Waals surface area (Å²) in [5.74, 6) is 0.648. The van der Waals surface area contributed by atoms with Crippen LogP contribution >= 0.6 is 0 Å². The van der Waals surface area contributed by atoms with Crippen molar-refractivity contribution in [2.75, 3.05) is 6.61 Å². The van der Waals surface area contributed by atoms with E-state index in [1.54, 1.807) is 6.92 Å². The monoisotopic (exact) mass is 496 g/mol. The number of aliphatic hydroxyl groups excluding tert-OH is 5. The topological polar surface area (TPSA) is 140 Å². The third kappa shape index (κ3) is 2.81. The summed E-state index contributed by atoms with van der Waals surface area (Å²) in [4.78, 5) is 0. The molecule has 4 saturated carbocycles. The predicted molar refractivity (Wildman–Crippen MR) is 125 cm³/mol. The van der Waals surface area contributed by atoms with Gasteiger partial charge in [-0.2, -0.15) is 0 Å². The summed E-state index contributed by atoms with van der Waals surface area (Å²) in [6.45, 7) is 9.25. The Kier molecular flexibility index (Phi) is 5.44. The quantitative estimate of drug-likeness (QED) is 0.289. The molecule has 6 aliphatic rings. The van der Waals surface area contributed by atoms with Crippen LogP contribution in [0.25, 0.3) is 0 Å². The van der Waals surface area contributed by atoms with E-state index in [4.69, 9.17) is 9.47 Å². The number of rotatable bonds is 0.